The minimum Gasteiger partial charge on any atom is -0.491 e. The second-order valence-corrected chi connectivity index (χ2v) is 14.4. The summed E-state index contributed by atoms with van der Waals surface area (Å²) in [5.74, 6) is 1.29. The van der Waals surface area contributed by atoms with Crippen LogP contribution in [0.25, 0.3) is 33.6 Å². The molecule has 2 atom stereocenters. The van der Waals surface area contributed by atoms with E-state index in [0.29, 0.717) is 71.8 Å². The second kappa shape index (κ2) is 13.4. The van der Waals surface area contributed by atoms with Crippen LogP contribution < -0.4 is 24.8 Å². The predicted molar refractivity (Wildman–Crippen MR) is 191 cm³/mol. The number of rotatable bonds is 10. The van der Waals surface area contributed by atoms with Gasteiger partial charge in [-0.15, -0.1) is 0 Å². The van der Waals surface area contributed by atoms with Gasteiger partial charge in [-0.3, -0.25) is 19.5 Å². The summed E-state index contributed by atoms with van der Waals surface area (Å²) < 4.78 is 34.0. The molecule has 12 nitrogen and oxygen atoms in total. The fourth-order valence-corrected chi connectivity index (χ4v) is 8.13. The third kappa shape index (κ3) is 6.11. The van der Waals surface area contributed by atoms with E-state index in [1.165, 1.54) is 0 Å². The number of ether oxygens (including phenoxy) is 3. The molecule has 2 aromatic heterocycles. The Morgan fingerprint density at radius 2 is 1.73 bits per heavy atom. The van der Waals surface area contributed by atoms with Crippen LogP contribution >= 0.6 is 0 Å². The highest BCUT2D eigenvalue weighted by molar-refractivity contribution is 5.81. The van der Waals surface area contributed by atoms with Gasteiger partial charge in [0.15, 0.2) is 0 Å². The van der Waals surface area contributed by atoms with Gasteiger partial charge in [-0.1, -0.05) is 30.3 Å². The second-order valence-electron chi connectivity index (χ2n) is 14.4. The molecule has 52 heavy (non-hydrogen) atoms. The maximum absolute atomic E-state index is 16.5. The van der Waals surface area contributed by atoms with Crippen LogP contribution in [0.4, 0.5) is 4.39 Å². The molecule has 0 unspecified atom stereocenters. The van der Waals surface area contributed by atoms with Crippen LogP contribution in [0.1, 0.15) is 42.6 Å². The van der Waals surface area contributed by atoms with Crippen molar-refractivity contribution in [1.29, 1.82) is 0 Å². The molecule has 8 rings (SSSR count). The molecule has 270 valence electrons. The highest BCUT2D eigenvalue weighted by Crippen LogP contribution is 2.43. The molecule has 4 aliphatic rings. The van der Waals surface area contributed by atoms with Crippen LogP contribution in [0.15, 0.2) is 48.7 Å². The lowest BCUT2D eigenvalue weighted by molar-refractivity contribution is -0.157. The van der Waals surface area contributed by atoms with E-state index in [1.54, 1.807) is 39.5 Å². The van der Waals surface area contributed by atoms with Crippen LogP contribution in [0.2, 0.25) is 0 Å². The van der Waals surface area contributed by atoms with E-state index in [4.69, 9.17) is 24.2 Å². The number of methoxy groups -OCH3 is 2. The van der Waals surface area contributed by atoms with Gasteiger partial charge in [0, 0.05) is 86.8 Å². The summed E-state index contributed by atoms with van der Waals surface area (Å²) in [5.41, 5.74) is 5.90. The number of aromatic nitrogens is 3. The zero-order valence-electron chi connectivity index (χ0n) is 29.8. The van der Waals surface area contributed by atoms with Crippen molar-refractivity contribution in [2.24, 2.45) is 5.41 Å². The van der Waals surface area contributed by atoms with Crippen LogP contribution in [-0.2, 0) is 16.1 Å². The van der Waals surface area contributed by atoms with Crippen molar-refractivity contribution in [3.8, 4) is 51.2 Å². The fourth-order valence-electron chi connectivity index (χ4n) is 8.13. The highest BCUT2D eigenvalue weighted by atomic mass is 19.1. The first kappa shape index (κ1) is 34.0. The molecular formula is C39H42FN7O5. The standard InChI is InChI=1S/C39H42FN7O5/c1-22-25(7-5-8-26(22)29-13-33-35(38(44-29)51-4)32(17-52-33)41-14-24-11-12-34(49)43-24)27-9-6-10-28(36(27)40)30-15-42-31(37(45-30)50-3)16-46-18-39(19-46)20-47(21-39)23(2)48/h5-10,13,15,24,32,41H,11-12,14,16-21H2,1-4H3,(H,43,49)/t24-,32-/m0/s1. The van der Waals surface area contributed by atoms with Crippen molar-refractivity contribution in [3.63, 3.8) is 0 Å². The first-order chi connectivity index (χ1) is 25.1. The summed E-state index contributed by atoms with van der Waals surface area (Å²) in [5, 5.41) is 6.50. The molecule has 0 aliphatic carbocycles. The molecule has 4 aliphatic heterocycles. The van der Waals surface area contributed by atoms with E-state index in [1.807, 2.05) is 42.2 Å². The Kier molecular flexibility index (Phi) is 8.78. The number of carbonyl (C=O) groups excluding carboxylic acids is 2. The monoisotopic (exact) mass is 707 g/mol. The summed E-state index contributed by atoms with van der Waals surface area (Å²) in [6.45, 7) is 8.55. The molecule has 3 fully saturated rings. The Morgan fingerprint density at radius 3 is 2.44 bits per heavy atom. The lowest BCUT2D eigenvalue weighted by Crippen LogP contribution is -2.72. The zero-order valence-corrected chi connectivity index (χ0v) is 29.8. The Labute approximate surface area is 301 Å². The first-order valence-electron chi connectivity index (χ1n) is 17.7. The Bertz CT molecular complexity index is 2060. The summed E-state index contributed by atoms with van der Waals surface area (Å²) >= 11 is 0. The average molecular weight is 708 g/mol. The molecule has 4 aromatic rings. The summed E-state index contributed by atoms with van der Waals surface area (Å²) in [6.07, 6.45) is 2.95. The number of halogens is 1. The quantitative estimate of drug-likeness (QED) is 0.246. The maximum Gasteiger partial charge on any atom is 0.237 e. The predicted octanol–water partition coefficient (Wildman–Crippen LogP) is 4.30. The molecular weight excluding hydrogens is 665 g/mol. The molecule has 2 aromatic carbocycles. The number of hydrogen-bond acceptors (Lipinski definition) is 10. The van der Waals surface area contributed by atoms with Crippen molar-refractivity contribution < 1.29 is 28.2 Å². The van der Waals surface area contributed by atoms with E-state index in [0.717, 1.165) is 54.9 Å². The van der Waals surface area contributed by atoms with Crippen molar-refractivity contribution in [2.45, 2.75) is 45.3 Å². The molecule has 2 N–H and O–H groups in total. The maximum atomic E-state index is 16.5. The highest BCUT2D eigenvalue weighted by Gasteiger charge is 2.52. The number of carbonyl (C=O) groups is 2. The summed E-state index contributed by atoms with van der Waals surface area (Å²) in [6, 6.07) is 12.9. The largest absolute Gasteiger partial charge is 0.491 e. The van der Waals surface area contributed by atoms with Gasteiger partial charge in [-0.2, -0.15) is 0 Å². The summed E-state index contributed by atoms with van der Waals surface area (Å²) in [4.78, 5) is 41.7. The minimum absolute atomic E-state index is 0.0798. The van der Waals surface area contributed by atoms with Gasteiger partial charge in [0.2, 0.25) is 23.6 Å². The molecule has 0 radical (unpaired) electrons. The van der Waals surface area contributed by atoms with Crippen LogP contribution in [0.5, 0.6) is 17.5 Å². The fraction of sp³-hybridized carbons (Fsp3) is 0.410. The van der Waals surface area contributed by atoms with E-state index >= 15 is 4.39 Å². The number of fused-ring (bicyclic) bond motifs is 1. The van der Waals surface area contributed by atoms with Crippen molar-refractivity contribution in [2.75, 3.05) is 53.6 Å². The van der Waals surface area contributed by atoms with E-state index in [-0.39, 0.29) is 29.3 Å². The van der Waals surface area contributed by atoms with E-state index < -0.39 is 5.82 Å². The zero-order chi connectivity index (χ0) is 36.1. The Balaban J connectivity index is 1.02. The van der Waals surface area contributed by atoms with Gasteiger partial charge in [-0.25, -0.2) is 14.4 Å². The first-order valence-corrected chi connectivity index (χ1v) is 17.7. The van der Waals surface area contributed by atoms with Crippen LogP contribution in [0.3, 0.4) is 0 Å². The third-order valence-electron chi connectivity index (χ3n) is 10.8. The number of hydrogen-bond donors (Lipinski definition) is 2. The van der Waals surface area contributed by atoms with E-state index in [2.05, 4.69) is 20.5 Å². The Morgan fingerprint density at radius 1 is 1.02 bits per heavy atom. The van der Waals surface area contributed by atoms with Crippen LogP contribution in [0, 0.1) is 18.2 Å². The van der Waals surface area contributed by atoms with Gasteiger partial charge in [0.1, 0.15) is 23.9 Å². The molecule has 0 bridgehead atoms. The molecule has 2 amide bonds. The topological polar surface area (TPSA) is 131 Å². The normalized spacial score (nSPS) is 20.2. The SMILES string of the molecule is COc1nc(-c2cccc(-c3cccc(-c4cc5c(c(OC)n4)[C@@H](NC[C@@H]4CCC(=O)N4)CO5)c3C)c2F)cnc1CN1CC2(C1)CN(C(C)=O)C2. The van der Waals surface area contributed by atoms with Gasteiger partial charge in [0.05, 0.1) is 43.4 Å². The van der Waals surface area contributed by atoms with Gasteiger partial charge >= 0.3 is 0 Å². The van der Waals surface area contributed by atoms with E-state index in [9.17, 15) is 9.59 Å². The lowest BCUT2D eigenvalue weighted by atomic mass is 9.73. The van der Waals surface area contributed by atoms with Crippen molar-refractivity contribution in [1.82, 2.24) is 35.4 Å². The van der Waals surface area contributed by atoms with Crippen molar-refractivity contribution in [3.05, 3.63) is 71.3 Å². The molecule has 3 saturated heterocycles. The number of amides is 2. The smallest absolute Gasteiger partial charge is 0.237 e. The van der Waals surface area contributed by atoms with Crippen molar-refractivity contribution >= 4 is 11.8 Å². The Hall–Kier alpha value is -5.14. The molecule has 13 heteroatoms. The van der Waals surface area contributed by atoms with Gasteiger partial charge < -0.3 is 29.7 Å². The number of likely N-dealkylation sites (tertiary alicyclic amines) is 2. The third-order valence-corrected chi connectivity index (χ3v) is 10.8. The average Bonchev–Trinajstić information content (AvgIpc) is 3.73. The molecule has 0 saturated carbocycles. The number of nitrogens with zero attached hydrogens (tertiary/aromatic N) is 5. The number of pyridine rings is 1. The molecule has 6 heterocycles. The van der Waals surface area contributed by atoms with Gasteiger partial charge in [-0.05, 0) is 30.5 Å². The van der Waals surface area contributed by atoms with Crippen LogP contribution in [-0.4, -0.2) is 96.2 Å². The minimum atomic E-state index is -0.410. The van der Waals surface area contributed by atoms with Gasteiger partial charge in [0.25, 0.3) is 0 Å². The lowest BCUT2D eigenvalue weighted by Gasteiger charge is -2.60. The molecule has 1 spiro atoms. The number of nitrogens with one attached hydrogen (secondary N) is 2. The summed E-state index contributed by atoms with van der Waals surface area (Å²) in [7, 11) is 3.14. The number of benzene rings is 2.